The second-order valence-corrected chi connectivity index (χ2v) is 8.48. The van der Waals surface area contributed by atoms with Crippen LogP contribution in [0.5, 0.6) is 0 Å². The van der Waals surface area contributed by atoms with Crippen molar-refractivity contribution in [2.45, 2.75) is 25.4 Å². The van der Waals surface area contributed by atoms with E-state index >= 15 is 0 Å². The molecule has 0 saturated carbocycles. The Hall–Kier alpha value is -1.94. The van der Waals surface area contributed by atoms with Crippen molar-refractivity contribution in [3.05, 3.63) is 46.7 Å². The first kappa shape index (κ1) is 18.8. The van der Waals surface area contributed by atoms with Crippen LogP contribution in [0.2, 0.25) is 5.02 Å². The zero-order valence-electron chi connectivity index (χ0n) is 14.6. The van der Waals surface area contributed by atoms with E-state index in [-0.39, 0.29) is 6.42 Å². The van der Waals surface area contributed by atoms with Gasteiger partial charge in [0.2, 0.25) is 5.91 Å². The van der Waals surface area contributed by atoms with Crippen LogP contribution in [-0.2, 0) is 22.1 Å². The van der Waals surface area contributed by atoms with Gasteiger partial charge in [0.05, 0.1) is 11.7 Å². The number of likely N-dealkylation sites (N-methyl/N-ethyl adjacent to an activating group) is 1. The van der Waals surface area contributed by atoms with Gasteiger partial charge in [-0.3, -0.25) is 9.48 Å². The number of rotatable bonds is 3. The van der Waals surface area contributed by atoms with Crippen molar-refractivity contribution in [1.82, 2.24) is 18.8 Å². The number of benzene rings is 1. The average Bonchev–Trinajstić information content (AvgIpc) is 2.88. The number of aromatic nitrogens is 2. The predicted octanol–water partition coefficient (Wildman–Crippen LogP) is 1.60. The summed E-state index contributed by atoms with van der Waals surface area (Å²) in [5.74, 6) is -0.411. The largest absolute Gasteiger partial charge is 0.325 e. The molecule has 2 unspecified atom stereocenters. The van der Waals surface area contributed by atoms with Gasteiger partial charge >= 0.3 is 0 Å². The zero-order valence-corrected chi connectivity index (χ0v) is 16.2. The molecular formula is C16H20ClN5O3S. The summed E-state index contributed by atoms with van der Waals surface area (Å²) >= 11 is 5.93. The van der Waals surface area contributed by atoms with Gasteiger partial charge in [0.25, 0.3) is 10.2 Å². The van der Waals surface area contributed by atoms with E-state index < -0.39 is 28.2 Å². The van der Waals surface area contributed by atoms with Crippen LogP contribution in [0.1, 0.15) is 23.7 Å². The monoisotopic (exact) mass is 397 g/mol. The number of hydrogen-bond donors (Lipinski definition) is 2. The van der Waals surface area contributed by atoms with Crippen molar-refractivity contribution < 1.29 is 13.2 Å². The van der Waals surface area contributed by atoms with Crippen LogP contribution in [0.25, 0.3) is 0 Å². The molecule has 1 aromatic carbocycles. The van der Waals surface area contributed by atoms with Gasteiger partial charge < -0.3 is 5.32 Å². The van der Waals surface area contributed by atoms with E-state index in [1.807, 2.05) is 6.92 Å². The summed E-state index contributed by atoms with van der Waals surface area (Å²) in [6.45, 7) is 1.81. The number of nitrogens with zero attached hydrogens (tertiary/aromatic N) is 3. The van der Waals surface area contributed by atoms with Crippen LogP contribution in [0.3, 0.4) is 0 Å². The Morgan fingerprint density at radius 1 is 1.38 bits per heavy atom. The summed E-state index contributed by atoms with van der Waals surface area (Å²) in [6.07, 6.45) is 2.05. The number of aryl methyl sites for hydroxylation is 2. The summed E-state index contributed by atoms with van der Waals surface area (Å²) in [5.41, 5.74) is 1.99. The standard InChI is InChI=1S/C16H20ClN5O3S/c1-10-13(9-21(2)19-10)14-8-15(22(3)26(24,25)20-14)16(23)18-12-6-4-5-11(17)7-12/h4-7,9,14-15,20H,8H2,1-3H3,(H,18,23). The van der Waals surface area contributed by atoms with Crippen LogP contribution in [0, 0.1) is 6.92 Å². The normalized spacial score (nSPS) is 22.9. The minimum atomic E-state index is -3.80. The fourth-order valence-electron chi connectivity index (χ4n) is 3.06. The maximum atomic E-state index is 12.7. The second kappa shape index (κ2) is 6.99. The maximum Gasteiger partial charge on any atom is 0.280 e. The van der Waals surface area contributed by atoms with Gasteiger partial charge in [-0.25, -0.2) is 0 Å². The highest BCUT2D eigenvalue weighted by atomic mass is 35.5. The van der Waals surface area contributed by atoms with Crippen LogP contribution < -0.4 is 10.0 Å². The van der Waals surface area contributed by atoms with E-state index in [2.05, 4.69) is 15.1 Å². The third-order valence-electron chi connectivity index (χ3n) is 4.39. The van der Waals surface area contributed by atoms with E-state index in [0.29, 0.717) is 10.7 Å². The third-order valence-corrected chi connectivity index (χ3v) is 6.22. The van der Waals surface area contributed by atoms with Crippen molar-refractivity contribution >= 4 is 33.4 Å². The Bertz CT molecular complexity index is 943. The highest BCUT2D eigenvalue weighted by Gasteiger charge is 2.41. The van der Waals surface area contributed by atoms with Gasteiger partial charge in [0.15, 0.2) is 0 Å². The number of carbonyl (C=O) groups is 1. The lowest BCUT2D eigenvalue weighted by Crippen LogP contribution is -2.56. The summed E-state index contributed by atoms with van der Waals surface area (Å²) in [4.78, 5) is 12.7. The molecule has 8 nitrogen and oxygen atoms in total. The van der Waals surface area contributed by atoms with Crippen molar-refractivity contribution in [3.8, 4) is 0 Å². The van der Waals surface area contributed by atoms with Crippen molar-refractivity contribution in [3.63, 3.8) is 0 Å². The Labute approximate surface area is 157 Å². The molecule has 26 heavy (non-hydrogen) atoms. The van der Waals surface area contributed by atoms with E-state index in [0.717, 1.165) is 15.6 Å². The molecule has 1 aliphatic rings. The predicted molar refractivity (Wildman–Crippen MR) is 99.0 cm³/mol. The quantitative estimate of drug-likeness (QED) is 0.822. The van der Waals surface area contributed by atoms with Gasteiger partial charge in [0.1, 0.15) is 6.04 Å². The van der Waals surface area contributed by atoms with E-state index in [9.17, 15) is 13.2 Å². The molecular weight excluding hydrogens is 378 g/mol. The number of nitrogens with one attached hydrogen (secondary N) is 2. The van der Waals surface area contributed by atoms with E-state index in [4.69, 9.17) is 11.6 Å². The Morgan fingerprint density at radius 3 is 2.73 bits per heavy atom. The molecule has 0 aliphatic carbocycles. The first-order valence-electron chi connectivity index (χ1n) is 7.99. The SMILES string of the molecule is Cc1nn(C)cc1C1CC(C(=O)Nc2cccc(Cl)c2)N(C)S(=O)(=O)N1. The number of hydrogen-bond acceptors (Lipinski definition) is 4. The minimum Gasteiger partial charge on any atom is -0.325 e. The molecule has 2 heterocycles. The number of anilines is 1. The summed E-state index contributed by atoms with van der Waals surface area (Å²) in [6, 6.07) is 5.33. The van der Waals surface area contributed by atoms with Gasteiger partial charge in [-0.15, -0.1) is 0 Å². The zero-order chi connectivity index (χ0) is 19.1. The maximum absolute atomic E-state index is 12.7. The van der Waals surface area contributed by atoms with Gasteiger partial charge in [-0.05, 0) is 31.5 Å². The van der Waals surface area contributed by atoms with Crippen LogP contribution >= 0.6 is 11.6 Å². The van der Waals surface area contributed by atoms with Crippen molar-refractivity contribution in [2.75, 3.05) is 12.4 Å². The summed E-state index contributed by atoms with van der Waals surface area (Å²) in [5, 5.41) is 7.47. The fraction of sp³-hybridized carbons (Fsp3) is 0.375. The summed E-state index contributed by atoms with van der Waals surface area (Å²) in [7, 11) is -0.649. The Morgan fingerprint density at radius 2 is 2.12 bits per heavy atom. The molecule has 1 fully saturated rings. The number of carbonyl (C=O) groups excluding carboxylic acids is 1. The van der Waals surface area contributed by atoms with E-state index in [1.54, 1.807) is 42.2 Å². The topological polar surface area (TPSA) is 96.3 Å². The highest BCUT2D eigenvalue weighted by Crippen LogP contribution is 2.30. The number of halogens is 1. The molecule has 2 N–H and O–H groups in total. The van der Waals surface area contributed by atoms with Gasteiger partial charge in [-0.2, -0.15) is 22.5 Å². The molecule has 3 rings (SSSR count). The lowest BCUT2D eigenvalue weighted by molar-refractivity contribution is -0.120. The van der Waals surface area contributed by atoms with Crippen LogP contribution in [0.15, 0.2) is 30.5 Å². The highest BCUT2D eigenvalue weighted by molar-refractivity contribution is 7.87. The van der Waals surface area contributed by atoms with Crippen molar-refractivity contribution in [1.29, 1.82) is 0 Å². The fourth-order valence-corrected chi connectivity index (χ4v) is 4.52. The lowest BCUT2D eigenvalue weighted by Gasteiger charge is -2.36. The molecule has 1 saturated heterocycles. The lowest BCUT2D eigenvalue weighted by atomic mass is 10.00. The van der Waals surface area contributed by atoms with Crippen LogP contribution in [0.4, 0.5) is 5.69 Å². The molecule has 1 amide bonds. The molecule has 1 aliphatic heterocycles. The van der Waals surface area contributed by atoms with E-state index in [1.165, 1.54) is 7.05 Å². The van der Waals surface area contributed by atoms with Gasteiger partial charge in [0, 0.05) is 36.6 Å². The third kappa shape index (κ3) is 3.75. The molecule has 1 aromatic heterocycles. The molecule has 140 valence electrons. The second-order valence-electron chi connectivity index (χ2n) is 6.29. The molecule has 2 atom stereocenters. The first-order chi connectivity index (χ1) is 12.2. The molecule has 0 bridgehead atoms. The number of amides is 1. The minimum absolute atomic E-state index is 0.286. The Kier molecular flexibility index (Phi) is 5.07. The first-order valence-corrected chi connectivity index (χ1v) is 9.81. The van der Waals surface area contributed by atoms with Crippen LogP contribution in [-0.4, -0.2) is 41.5 Å². The van der Waals surface area contributed by atoms with Gasteiger partial charge in [-0.1, -0.05) is 17.7 Å². The molecule has 0 radical (unpaired) electrons. The van der Waals surface area contributed by atoms with Crippen molar-refractivity contribution in [2.24, 2.45) is 7.05 Å². The molecule has 2 aromatic rings. The summed E-state index contributed by atoms with van der Waals surface area (Å²) < 4.78 is 30.3. The molecule has 0 spiro atoms. The smallest absolute Gasteiger partial charge is 0.280 e. The average molecular weight is 398 g/mol. The Balaban J connectivity index is 1.87. The molecule has 10 heteroatoms.